The topological polar surface area (TPSA) is 107 Å². The van der Waals surface area contributed by atoms with E-state index >= 15 is 0 Å². The number of hydrogen-bond donors (Lipinski definition) is 2. The molecule has 0 radical (unpaired) electrons. The van der Waals surface area contributed by atoms with Crippen molar-refractivity contribution in [3.05, 3.63) is 71.3 Å². The molecule has 0 amide bonds. The first-order valence-corrected chi connectivity index (χ1v) is 12.4. The number of pyridine rings is 1. The fourth-order valence-corrected chi connectivity index (χ4v) is 4.31. The van der Waals surface area contributed by atoms with E-state index in [1.807, 2.05) is 6.92 Å². The maximum absolute atomic E-state index is 14.9. The van der Waals surface area contributed by atoms with Crippen LogP contribution in [0.25, 0.3) is 11.5 Å². The summed E-state index contributed by atoms with van der Waals surface area (Å²) >= 11 is 0. The summed E-state index contributed by atoms with van der Waals surface area (Å²) in [6, 6.07) is 5.95. The Morgan fingerprint density at radius 2 is 1.87 bits per heavy atom. The zero-order valence-electron chi connectivity index (χ0n) is 21.1. The molecule has 1 aliphatic rings. The van der Waals surface area contributed by atoms with Crippen LogP contribution in [0.15, 0.2) is 42.9 Å². The van der Waals surface area contributed by atoms with Gasteiger partial charge in [0, 0.05) is 53.0 Å². The quantitative estimate of drug-likeness (QED) is 0.290. The third-order valence-electron chi connectivity index (χ3n) is 6.19. The second-order valence-corrected chi connectivity index (χ2v) is 8.93. The third-order valence-corrected chi connectivity index (χ3v) is 6.19. The summed E-state index contributed by atoms with van der Waals surface area (Å²) in [4.78, 5) is 13.2. The molecule has 0 bridgehead atoms. The van der Waals surface area contributed by atoms with Crippen LogP contribution in [0.5, 0.6) is 11.5 Å². The van der Waals surface area contributed by atoms with Crippen LogP contribution in [0.3, 0.4) is 0 Å². The molecule has 11 heteroatoms. The van der Waals surface area contributed by atoms with E-state index in [0.717, 1.165) is 29.8 Å². The lowest BCUT2D eigenvalue weighted by Gasteiger charge is -2.12. The monoisotopic (exact) mass is 522 g/mol. The summed E-state index contributed by atoms with van der Waals surface area (Å²) in [6.07, 6.45) is 6.76. The highest BCUT2D eigenvalue weighted by Crippen LogP contribution is 2.44. The fraction of sp³-hybridized carbons (Fsp3) is 0.333. The molecular weight excluding hydrogens is 494 g/mol. The van der Waals surface area contributed by atoms with Gasteiger partial charge in [-0.25, -0.2) is 18.7 Å². The van der Waals surface area contributed by atoms with Gasteiger partial charge in [0.1, 0.15) is 29.7 Å². The van der Waals surface area contributed by atoms with Gasteiger partial charge >= 0.3 is 0 Å². The van der Waals surface area contributed by atoms with Crippen LogP contribution >= 0.6 is 0 Å². The molecule has 5 rings (SSSR count). The van der Waals surface area contributed by atoms with Crippen molar-refractivity contribution in [3.63, 3.8) is 0 Å². The van der Waals surface area contributed by atoms with Crippen molar-refractivity contribution in [2.45, 2.75) is 39.2 Å². The van der Waals surface area contributed by atoms with Crippen molar-refractivity contribution in [2.24, 2.45) is 0 Å². The molecule has 0 saturated heterocycles. The van der Waals surface area contributed by atoms with Gasteiger partial charge < -0.3 is 19.9 Å². The molecule has 4 aromatic rings. The third kappa shape index (κ3) is 5.42. The average Bonchev–Trinajstić information content (AvgIpc) is 3.69. The van der Waals surface area contributed by atoms with E-state index in [1.54, 1.807) is 36.1 Å². The minimum absolute atomic E-state index is 0.0729. The van der Waals surface area contributed by atoms with Crippen LogP contribution in [0.4, 0.5) is 20.3 Å². The smallest absolute Gasteiger partial charge is 0.182 e. The number of halogens is 2. The van der Waals surface area contributed by atoms with Crippen LogP contribution in [-0.2, 0) is 6.54 Å². The number of anilines is 2. The number of rotatable bonds is 11. The van der Waals surface area contributed by atoms with Crippen molar-refractivity contribution >= 4 is 11.5 Å². The molecule has 2 N–H and O–H groups in total. The van der Waals surface area contributed by atoms with Gasteiger partial charge in [-0.3, -0.25) is 9.67 Å². The molecule has 1 aromatic carbocycles. The molecule has 1 saturated carbocycles. The van der Waals surface area contributed by atoms with Crippen LogP contribution < -0.4 is 14.8 Å². The summed E-state index contributed by atoms with van der Waals surface area (Å²) in [5.41, 5.74) is 2.95. The molecule has 198 valence electrons. The molecule has 3 aromatic heterocycles. The molecular formula is C27H28F2N6O3. The van der Waals surface area contributed by atoms with Crippen molar-refractivity contribution in [1.29, 1.82) is 0 Å². The number of benzene rings is 1. The number of nitrogens with one attached hydrogen (secondary N) is 1. The van der Waals surface area contributed by atoms with Crippen molar-refractivity contribution in [2.75, 3.05) is 25.1 Å². The number of aromatic nitrogens is 5. The molecule has 0 aliphatic heterocycles. The number of aliphatic hydroxyl groups excluding tert-OH is 1. The summed E-state index contributed by atoms with van der Waals surface area (Å²) in [5, 5.41) is 17.1. The minimum Gasteiger partial charge on any atom is -0.494 e. The van der Waals surface area contributed by atoms with E-state index in [2.05, 4.69) is 20.3 Å². The molecule has 0 spiro atoms. The Morgan fingerprint density at radius 3 is 2.53 bits per heavy atom. The number of hydrogen-bond acceptors (Lipinski definition) is 8. The maximum atomic E-state index is 14.9. The number of aliphatic hydroxyl groups is 1. The highest BCUT2D eigenvalue weighted by atomic mass is 19.1. The van der Waals surface area contributed by atoms with Gasteiger partial charge in [0.2, 0.25) is 0 Å². The Morgan fingerprint density at radius 1 is 1.13 bits per heavy atom. The van der Waals surface area contributed by atoms with E-state index in [4.69, 9.17) is 14.6 Å². The average molecular weight is 523 g/mol. The van der Waals surface area contributed by atoms with E-state index in [1.165, 1.54) is 18.3 Å². The first kappa shape index (κ1) is 25.5. The predicted molar refractivity (Wildman–Crippen MR) is 137 cm³/mol. The fourth-order valence-electron chi connectivity index (χ4n) is 4.31. The molecule has 9 nitrogen and oxygen atoms in total. The van der Waals surface area contributed by atoms with Crippen LogP contribution in [0.1, 0.15) is 42.5 Å². The lowest BCUT2D eigenvalue weighted by molar-refractivity contribution is 0.201. The van der Waals surface area contributed by atoms with E-state index in [-0.39, 0.29) is 37.0 Å². The second-order valence-electron chi connectivity index (χ2n) is 8.93. The van der Waals surface area contributed by atoms with Crippen LogP contribution in [0, 0.1) is 18.6 Å². The summed E-state index contributed by atoms with van der Waals surface area (Å²) in [7, 11) is 0. The first-order chi connectivity index (χ1) is 18.5. The summed E-state index contributed by atoms with van der Waals surface area (Å²) in [6.45, 7) is 3.83. The summed E-state index contributed by atoms with van der Waals surface area (Å²) < 4.78 is 42.3. The van der Waals surface area contributed by atoms with E-state index < -0.39 is 11.6 Å². The number of nitrogens with zero attached hydrogens (tertiary/aromatic N) is 5. The van der Waals surface area contributed by atoms with Crippen molar-refractivity contribution in [3.8, 4) is 23.0 Å². The molecule has 0 atom stereocenters. The Hall–Kier alpha value is -4.12. The van der Waals surface area contributed by atoms with E-state index in [9.17, 15) is 13.9 Å². The van der Waals surface area contributed by atoms with Gasteiger partial charge in [0.25, 0.3) is 0 Å². The molecule has 0 unspecified atom stereocenters. The SMILES string of the molecule is CCOc1cc(F)c(Cn2nc(-c3ncc(OCCO)c(Nc4ccncc4)n3)c(C)c2C2CC2)c(F)c1. The van der Waals surface area contributed by atoms with Crippen LogP contribution in [-0.4, -0.2) is 49.7 Å². The van der Waals surface area contributed by atoms with E-state index in [0.29, 0.717) is 29.7 Å². The number of ether oxygens (including phenoxy) is 2. The first-order valence-electron chi connectivity index (χ1n) is 12.4. The lowest BCUT2D eigenvalue weighted by Crippen LogP contribution is -2.10. The summed E-state index contributed by atoms with van der Waals surface area (Å²) in [5.74, 6) is 0.121. The predicted octanol–water partition coefficient (Wildman–Crippen LogP) is 4.76. The highest BCUT2D eigenvalue weighted by Gasteiger charge is 2.32. The zero-order chi connectivity index (χ0) is 26.6. The molecule has 1 fully saturated rings. The van der Waals surface area contributed by atoms with Gasteiger partial charge in [0.15, 0.2) is 17.4 Å². The highest BCUT2D eigenvalue weighted by molar-refractivity contribution is 5.66. The van der Waals surface area contributed by atoms with Gasteiger partial charge in [0.05, 0.1) is 26.0 Å². The minimum atomic E-state index is -0.685. The standard InChI is InChI=1S/C27H28F2N6O3/c1-3-37-19-12-21(28)20(22(29)13-19)15-35-25(17-4-5-17)16(2)24(34-35)27-31-14-23(38-11-10-36)26(33-27)32-18-6-8-30-9-7-18/h6-9,12-14,17,36H,3-5,10-11,15H2,1-2H3,(H,30,31,32,33). The normalized spacial score (nSPS) is 13.0. The zero-order valence-corrected chi connectivity index (χ0v) is 21.1. The van der Waals surface area contributed by atoms with Gasteiger partial charge in [-0.2, -0.15) is 5.10 Å². The molecule has 1 aliphatic carbocycles. The Labute approximate surface area is 218 Å². The van der Waals surface area contributed by atoms with Gasteiger partial charge in [-0.15, -0.1) is 0 Å². The van der Waals surface area contributed by atoms with Crippen molar-refractivity contribution < 1.29 is 23.4 Å². The maximum Gasteiger partial charge on any atom is 0.182 e. The largest absolute Gasteiger partial charge is 0.494 e. The van der Waals surface area contributed by atoms with Crippen LogP contribution in [0.2, 0.25) is 0 Å². The Balaban J connectivity index is 1.52. The Kier molecular flexibility index (Phi) is 7.45. The second kappa shape index (κ2) is 11.1. The van der Waals surface area contributed by atoms with Crippen molar-refractivity contribution in [1.82, 2.24) is 24.7 Å². The molecule has 38 heavy (non-hydrogen) atoms. The Bertz CT molecular complexity index is 1400. The lowest BCUT2D eigenvalue weighted by atomic mass is 10.1. The van der Waals surface area contributed by atoms with Gasteiger partial charge in [-0.05, 0) is 38.8 Å². The molecule has 3 heterocycles. The van der Waals surface area contributed by atoms with Gasteiger partial charge in [-0.1, -0.05) is 0 Å².